The molecule has 1 rings (SSSR count). The maximum atomic E-state index is 11.4. The highest BCUT2D eigenvalue weighted by atomic mass is 32.3. The van der Waals surface area contributed by atoms with Crippen LogP contribution in [0.3, 0.4) is 0 Å². The second-order valence-electron chi connectivity index (χ2n) is 8.34. The SMILES string of the molecule is CCCCCCCCCCCC[n+]1ccn(CCCC)c1.O=S(=O)([N-]S(=O)(=O)C(F)(F)F)C(F)(F)F. The highest BCUT2D eigenvalue weighted by Crippen LogP contribution is 2.36. The summed E-state index contributed by atoms with van der Waals surface area (Å²) in [5, 5.41) is 0. The maximum Gasteiger partial charge on any atom is 0.480 e. The zero-order valence-corrected chi connectivity index (χ0v) is 22.3. The standard InChI is InChI=1S/C19H37N2.C2F6NO4S2/c1-3-5-7-8-9-10-11-12-13-14-16-21-18-17-20(19-21)15-6-4-2;3-1(4,5)14(10,11)9-15(12,13)2(6,7)8/h17-19H,3-16H2,1-2H3;/q+1;-1. The van der Waals surface area contributed by atoms with Crippen molar-refractivity contribution in [3.05, 3.63) is 22.8 Å². The molecular formula is C21H37F6N3O4S2. The van der Waals surface area contributed by atoms with Gasteiger partial charge in [0.2, 0.25) is 6.33 Å². The number of imidazole rings is 1. The van der Waals surface area contributed by atoms with Gasteiger partial charge in [-0.2, -0.15) is 26.3 Å². The van der Waals surface area contributed by atoms with Gasteiger partial charge in [-0.25, -0.2) is 26.0 Å². The third-order valence-corrected chi connectivity index (χ3v) is 7.81. The van der Waals surface area contributed by atoms with Crippen molar-refractivity contribution in [2.24, 2.45) is 0 Å². The fraction of sp³-hybridized carbons (Fsp3) is 0.857. The van der Waals surface area contributed by atoms with Crippen LogP contribution in [0.15, 0.2) is 18.7 Å². The van der Waals surface area contributed by atoms with E-state index in [1.165, 1.54) is 90.1 Å². The lowest BCUT2D eigenvalue weighted by Gasteiger charge is -2.22. The minimum absolute atomic E-state index is 0.778. The van der Waals surface area contributed by atoms with Crippen LogP contribution in [0.5, 0.6) is 0 Å². The zero-order valence-electron chi connectivity index (χ0n) is 20.7. The molecule has 0 fully saturated rings. The number of alkyl halides is 6. The molecule has 0 N–H and O–H groups in total. The summed E-state index contributed by atoms with van der Waals surface area (Å²) in [7, 11) is -13.4. The van der Waals surface area contributed by atoms with Crippen LogP contribution in [0.4, 0.5) is 26.3 Å². The van der Waals surface area contributed by atoms with Gasteiger partial charge in [0.1, 0.15) is 12.4 Å². The lowest BCUT2D eigenvalue weighted by molar-refractivity contribution is -0.696. The molecule has 0 bridgehead atoms. The number of aryl methyl sites for hydroxylation is 2. The second-order valence-corrected chi connectivity index (χ2v) is 11.8. The number of hydrogen-bond acceptors (Lipinski definition) is 4. The molecule has 1 aromatic heterocycles. The van der Waals surface area contributed by atoms with Gasteiger partial charge in [-0.15, -0.1) is 0 Å². The lowest BCUT2D eigenvalue weighted by atomic mass is 10.1. The summed E-state index contributed by atoms with van der Waals surface area (Å²) < 4.78 is 114. The Labute approximate surface area is 210 Å². The minimum Gasteiger partial charge on any atom is -0.421 e. The van der Waals surface area contributed by atoms with Gasteiger partial charge in [-0.1, -0.05) is 71.6 Å². The second kappa shape index (κ2) is 16.5. The molecule has 15 heteroatoms. The Hall–Kier alpha value is -1.35. The molecule has 1 heterocycles. The summed E-state index contributed by atoms with van der Waals surface area (Å²) in [5.74, 6) is 0. The average molecular weight is 574 g/mol. The summed E-state index contributed by atoms with van der Waals surface area (Å²) in [4.78, 5) is 0. The zero-order chi connectivity index (χ0) is 27.9. The van der Waals surface area contributed by atoms with E-state index in [0.717, 1.165) is 4.13 Å². The van der Waals surface area contributed by atoms with Crippen molar-refractivity contribution < 1.29 is 47.7 Å². The van der Waals surface area contributed by atoms with Gasteiger partial charge in [0.15, 0.2) is 20.0 Å². The van der Waals surface area contributed by atoms with Crippen LogP contribution in [-0.2, 0) is 33.1 Å². The van der Waals surface area contributed by atoms with Crippen LogP contribution in [0.25, 0.3) is 4.13 Å². The highest BCUT2D eigenvalue weighted by Gasteiger charge is 2.46. The molecule has 0 radical (unpaired) electrons. The number of aromatic nitrogens is 2. The number of hydrogen-bond donors (Lipinski definition) is 0. The lowest BCUT2D eigenvalue weighted by Crippen LogP contribution is -2.30. The van der Waals surface area contributed by atoms with E-state index in [1.54, 1.807) is 0 Å². The average Bonchev–Trinajstić information content (AvgIpc) is 3.19. The normalized spacial score (nSPS) is 12.9. The number of sulfonamides is 2. The quantitative estimate of drug-likeness (QED) is 0.127. The van der Waals surface area contributed by atoms with Crippen molar-refractivity contribution in [2.45, 2.75) is 115 Å². The number of nitrogens with zero attached hydrogens (tertiary/aromatic N) is 3. The molecule has 0 atom stereocenters. The van der Waals surface area contributed by atoms with Crippen LogP contribution in [0.1, 0.15) is 90.9 Å². The van der Waals surface area contributed by atoms with E-state index in [0.29, 0.717) is 0 Å². The van der Waals surface area contributed by atoms with E-state index < -0.39 is 31.1 Å². The molecular weight excluding hydrogens is 536 g/mol. The fourth-order valence-corrected chi connectivity index (χ4v) is 4.75. The van der Waals surface area contributed by atoms with E-state index >= 15 is 0 Å². The number of halogens is 6. The first-order chi connectivity index (χ1) is 16.6. The highest BCUT2D eigenvalue weighted by molar-refractivity contribution is 8.13. The molecule has 0 amide bonds. The number of unbranched alkanes of at least 4 members (excludes halogenated alkanes) is 10. The first-order valence-electron chi connectivity index (χ1n) is 12.0. The van der Waals surface area contributed by atoms with Crippen LogP contribution in [-0.4, -0.2) is 32.4 Å². The maximum absolute atomic E-state index is 11.4. The Bertz CT molecular complexity index is 888. The smallest absolute Gasteiger partial charge is 0.421 e. The number of rotatable bonds is 16. The Morgan fingerprint density at radius 1 is 0.694 bits per heavy atom. The predicted molar refractivity (Wildman–Crippen MR) is 125 cm³/mol. The molecule has 0 saturated heterocycles. The molecule has 0 aliphatic carbocycles. The van der Waals surface area contributed by atoms with E-state index in [9.17, 15) is 43.2 Å². The van der Waals surface area contributed by atoms with Crippen LogP contribution in [0, 0.1) is 0 Å². The van der Waals surface area contributed by atoms with Gasteiger partial charge in [0, 0.05) is 0 Å². The van der Waals surface area contributed by atoms with Gasteiger partial charge in [0.25, 0.3) is 0 Å². The predicted octanol–water partition coefficient (Wildman–Crippen LogP) is 6.56. The molecule has 0 aromatic carbocycles. The Morgan fingerprint density at radius 2 is 1.11 bits per heavy atom. The van der Waals surface area contributed by atoms with Crippen molar-refractivity contribution >= 4 is 20.0 Å². The Balaban J connectivity index is 0.000000723. The summed E-state index contributed by atoms with van der Waals surface area (Å²) in [6.07, 6.45) is 23.4. The van der Waals surface area contributed by atoms with E-state index in [-0.39, 0.29) is 0 Å². The molecule has 0 saturated carbocycles. The van der Waals surface area contributed by atoms with Crippen molar-refractivity contribution in [1.29, 1.82) is 0 Å². The van der Waals surface area contributed by atoms with Gasteiger partial charge in [0.05, 0.1) is 13.1 Å². The fourth-order valence-electron chi connectivity index (χ4n) is 3.04. The molecule has 0 aliphatic rings. The van der Waals surface area contributed by atoms with E-state index in [2.05, 4.69) is 41.7 Å². The topological polar surface area (TPSA) is 91.2 Å². The molecule has 0 spiro atoms. The third-order valence-electron chi connectivity index (χ3n) is 5.07. The monoisotopic (exact) mass is 573 g/mol. The summed E-state index contributed by atoms with van der Waals surface area (Å²) in [6, 6.07) is 0. The van der Waals surface area contributed by atoms with Crippen molar-refractivity contribution in [2.75, 3.05) is 0 Å². The Kier molecular flexibility index (Phi) is 15.9. The first kappa shape index (κ1) is 34.6. The molecule has 1 aromatic rings. The first-order valence-corrected chi connectivity index (χ1v) is 14.9. The van der Waals surface area contributed by atoms with Gasteiger partial charge in [-0.3, -0.25) is 0 Å². The van der Waals surface area contributed by atoms with Crippen LogP contribution >= 0.6 is 0 Å². The van der Waals surface area contributed by atoms with Crippen LogP contribution < -0.4 is 4.57 Å². The molecule has 0 aliphatic heterocycles. The molecule has 7 nitrogen and oxygen atoms in total. The van der Waals surface area contributed by atoms with E-state index in [1.807, 2.05) is 0 Å². The molecule has 36 heavy (non-hydrogen) atoms. The van der Waals surface area contributed by atoms with Gasteiger partial charge >= 0.3 is 11.0 Å². The summed E-state index contributed by atoms with van der Waals surface area (Å²) in [5.41, 5.74) is -12.4. The minimum atomic E-state index is -6.72. The molecule has 0 unspecified atom stereocenters. The van der Waals surface area contributed by atoms with Crippen molar-refractivity contribution in [3.8, 4) is 0 Å². The Morgan fingerprint density at radius 3 is 1.53 bits per heavy atom. The van der Waals surface area contributed by atoms with E-state index in [4.69, 9.17) is 0 Å². The van der Waals surface area contributed by atoms with Gasteiger partial charge < -0.3 is 4.13 Å². The summed E-state index contributed by atoms with van der Waals surface area (Å²) in [6.45, 7) is 6.90. The van der Waals surface area contributed by atoms with Gasteiger partial charge in [-0.05, 0) is 19.3 Å². The van der Waals surface area contributed by atoms with Crippen molar-refractivity contribution in [3.63, 3.8) is 0 Å². The largest absolute Gasteiger partial charge is 0.480 e. The van der Waals surface area contributed by atoms with Crippen LogP contribution in [0.2, 0.25) is 0 Å². The van der Waals surface area contributed by atoms with Crippen molar-refractivity contribution in [1.82, 2.24) is 4.57 Å². The summed E-state index contributed by atoms with van der Waals surface area (Å²) >= 11 is 0. The molecule has 214 valence electrons. The third kappa shape index (κ3) is 14.4.